The Balaban J connectivity index is 2.72. The van der Waals surface area contributed by atoms with Crippen molar-refractivity contribution in [3.8, 4) is 6.07 Å². The normalized spacial score (nSPS) is 12.5. The first-order chi connectivity index (χ1) is 8.08. The Bertz CT molecular complexity index is 417. The van der Waals surface area contributed by atoms with Crippen LogP contribution in [-0.2, 0) is 0 Å². The first kappa shape index (κ1) is 13.6. The molecule has 0 radical (unpaired) electrons. The van der Waals surface area contributed by atoms with Gasteiger partial charge in [-0.3, -0.25) is 4.90 Å². The Morgan fingerprint density at radius 1 is 1.41 bits per heavy atom. The number of rotatable bonds is 5. The summed E-state index contributed by atoms with van der Waals surface area (Å²) in [4.78, 5) is 1.71. The Morgan fingerprint density at radius 2 is 2.12 bits per heavy atom. The molecular weight excluding hydrogens is 226 g/mol. The van der Waals surface area contributed by atoms with Crippen molar-refractivity contribution < 1.29 is 13.9 Å². The van der Waals surface area contributed by atoms with E-state index in [-0.39, 0.29) is 13.1 Å². The van der Waals surface area contributed by atoms with E-state index in [1.54, 1.807) is 4.90 Å². The van der Waals surface area contributed by atoms with Crippen molar-refractivity contribution in [3.05, 3.63) is 35.4 Å². The SMILES string of the molecule is CCN(CC#N)CC(O)c1ccc(F)c(F)c1. The van der Waals surface area contributed by atoms with Gasteiger partial charge in [0, 0.05) is 6.54 Å². The number of aliphatic hydroxyl groups excluding tert-OH is 1. The zero-order valence-corrected chi connectivity index (χ0v) is 9.53. The van der Waals surface area contributed by atoms with Gasteiger partial charge in [-0.15, -0.1) is 0 Å². The van der Waals surface area contributed by atoms with Gasteiger partial charge >= 0.3 is 0 Å². The molecule has 0 aliphatic rings. The second-order valence-electron chi connectivity index (χ2n) is 3.68. The molecule has 0 saturated heterocycles. The maximum absolute atomic E-state index is 13.0. The van der Waals surface area contributed by atoms with Gasteiger partial charge in [0.15, 0.2) is 11.6 Å². The predicted molar refractivity (Wildman–Crippen MR) is 59.0 cm³/mol. The van der Waals surface area contributed by atoms with Crippen LogP contribution in [0.4, 0.5) is 8.78 Å². The third-order valence-electron chi connectivity index (χ3n) is 2.50. The van der Waals surface area contributed by atoms with Crippen molar-refractivity contribution in [2.24, 2.45) is 0 Å². The summed E-state index contributed by atoms with van der Waals surface area (Å²) in [5.74, 6) is -1.92. The van der Waals surface area contributed by atoms with Gasteiger partial charge in [0.1, 0.15) is 0 Å². The van der Waals surface area contributed by atoms with E-state index >= 15 is 0 Å². The van der Waals surface area contributed by atoms with Crippen molar-refractivity contribution in [2.75, 3.05) is 19.6 Å². The lowest BCUT2D eigenvalue weighted by Crippen LogP contribution is -2.29. The van der Waals surface area contributed by atoms with Gasteiger partial charge in [-0.2, -0.15) is 5.26 Å². The zero-order valence-electron chi connectivity index (χ0n) is 9.53. The minimum absolute atomic E-state index is 0.192. The molecule has 1 N–H and O–H groups in total. The Kier molecular flexibility index (Phi) is 5.01. The Morgan fingerprint density at radius 3 is 2.65 bits per heavy atom. The van der Waals surface area contributed by atoms with Crippen molar-refractivity contribution in [3.63, 3.8) is 0 Å². The Labute approximate surface area is 98.9 Å². The van der Waals surface area contributed by atoms with Gasteiger partial charge in [0.2, 0.25) is 0 Å². The molecule has 92 valence electrons. The topological polar surface area (TPSA) is 47.3 Å². The minimum Gasteiger partial charge on any atom is -0.387 e. The number of likely N-dealkylation sites (N-methyl/N-ethyl adjacent to an activating group) is 1. The molecule has 3 nitrogen and oxygen atoms in total. The van der Waals surface area contributed by atoms with E-state index in [2.05, 4.69) is 0 Å². The van der Waals surface area contributed by atoms with E-state index < -0.39 is 17.7 Å². The molecule has 0 fully saturated rings. The molecule has 1 aromatic carbocycles. The highest BCUT2D eigenvalue weighted by atomic mass is 19.2. The van der Waals surface area contributed by atoms with Gasteiger partial charge in [0.25, 0.3) is 0 Å². The van der Waals surface area contributed by atoms with Gasteiger partial charge in [-0.1, -0.05) is 13.0 Å². The highest BCUT2D eigenvalue weighted by Crippen LogP contribution is 2.17. The van der Waals surface area contributed by atoms with Crippen LogP contribution in [0.1, 0.15) is 18.6 Å². The molecule has 0 aliphatic carbocycles. The lowest BCUT2D eigenvalue weighted by Gasteiger charge is -2.20. The molecular formula is C12H14F2N2O. The summed E-state index contributed by atoms with van der Waals surface area (Å²) in [6, 6.07) is 5.27. The maximum Gasteiger partial charge on any atom is 0.159 e. The van der Waals surface area contributed by atoms with Crippen LogP contribution in [0, 0.1) is 23.0 Å². The molecule has 0 heterocycles. The summed E-state index contributed by atoms with van der Waals surface area (Å²) < 4.78 is 25.7. The largest absolute Gasteiger partial charge is 0.387 e. The van der Waals surface area contributed by atoms with E-state index in [0.29, 0.717) is 12.1 Å². The van der Waals surface area contributed by atoms with E-state index in [1.807, 2.05) is 13.0 Å². The molecule has 0 saturated carbocycles. The van der Waals surface area contributed by atoms with Gasteiger partial charge in [-0.05, 0) is 24.2 Å². The molecule has 1 rings (SSSR count). The number of benzene rings is 1. The van der Waals surface area contributed by atoms with Crippen molar-refractivity contribution >= 4 is 0 Å². The molecule has 1 atom stereocenters. The summed E-state index contributed by atoms with van der Waals surface area (Å²) >= 11 is 0. The predicted octanol–water partition coefficient (Wildman–Crippen LogP) is 1.84. The van der Waals surface area contributed by atoms with Crippen molar-refractivity contribution in [1.29, 1.82) is 5.26 Å². The molecule has 1 unspecified atom stereocenters. The standard InChI is InChI=1S/C12H14F2N2O/c1-2-16(6-5-15)8-12(17)9-3-4-10(13)11(14)7-9/h3-4,7,12,17H,2,6,8H2,1H3. The van der Waals surface area contributed by atoms with Crippen LogP contribution in [-0.4, -0.2) is 29.6 Å². The van der Waals surface area contributed by atoms with E-state index in [9.17, 15) is 13.9 Å². The van der Waals surface area contributed by atoms with Gasteiger partial charge in [-0.25, -0.2) is 8.78 Å². The first-order valence-corrected chi connectivity index (χ1v) is 5.30. The summed E-state index contributed by atoms with van der Waals surface area (Å²) in [5, 5.41) is 18.4. The second kappa shape index (κ2) is 6.28. The molecule has 5 heteroatoms. The third-order valence-corrected chi connectivity index (χ3v) is 2.50. The Hall–Kier alpha value is -1.51. The maximum atomic E-state index is 13.0. The van der Waals surface area contributed by atoms with Crippen molar-refractivity contribution in [2.45, 2.75) is 13.0 Å². The number of nitriles is 1. The number of aliphatic hydroxyl groups is 1. The van der Waals surface area contributed by atoms with Crippen LogP contribution in [0.25, 0.3) is 0 Å². The monoisotopic (exact) mass is 240 g/mol. The number of hydrogen-bond acceptors (Lipinski definition) is 3. The summed E-state index contributed by atoms with van der Waals surface area (Å²) in [5.41, 5.74) is 0.306. The molecule has 0 spiro atoms. The lowest BCUT2D eigenvalue weighted by molar-refractivity contribution is 0.122. The first-order valence-electron chi connectivity index (χ1n) is 5.30. The van der Waals surface area contributed by atoms with Crippen LogP contribution < -0.4 is 0 Å². The fourth-order valence-corrected chi connectivity index (χ4v) is 1.48. The van der Waals surface area contributed by atoms with E-state index in [4.69, 9.17) is 5.26 Å². The molecule has 1 aromatic rings. The zero-order chi connectivity index (χ0) is 12.8. The third kappa shape index (κ3) is 3.77. The highest BCUT2D eigenvalue weighted by molar-refractivity contribution is 5.20. The smallest absolute Gasteiger partial charge is 0.159 e. The van der Waals surface area contributed by atoms with Gasteiger partial charge < -0.3 is 5.11 Å². The molecule has 17 heavy (non-hydrogen) atoms. The number of halogens is 2. The second-order valence-corrected chi connectivity index (χ2v) is 3.68. The van der Waals surface area contributed by atoms with Crippen LogP contribution in [0.2, 0.25) is 0 Å². The molecule has 0 aromatic heterocycles. The van der Waals surface area contributed by atoms with Crippen LogP contribution in [0.15, 0.2) is 18.2 Å². The number of hydrogen-bond donors (Lipinski definition) is 1. The van der Waals surface area contributed by atoms with Crippen LogP contribution in [0.5, 0.6) is 0 Å². The fraction of sp³-hybridized carbons (Fsp3) is 0.417. The molecule has 0 bridgehead atoms. The van der Waals surface area contributed by atoms with Crippen LogP contribution in [0.3, 0.4) is 0 Å². The molecule has 0 aliphatic heterocycles. The van der Waals surface area contributed by atoms with Crippen LogP contribution >= 0.6 is 0 Å². The average Bonchev–Trinajstić information content (AvgIpc) is 2.31. The molecule has 0 amide bonds. The lowest BCUT2D eigenvalue weighted by atomic mass is 10.1. The minimum atomic E-state index is -0.982. The summed E-state index contributed by atoms with van der Waals surface area (Å²) in [6.07, 6.45) is -0.932. The summed E-state index contributed by atoms with van der Waals surface area (Å²) in [7, 11) is 0. The average molecular weight is 240 g/mol. The number of nitrogens with zero attached hydrogens (tertiary/aromatic N) is 2. The summed E-state index contributed by atoms with van der Waals surface area (Å²) in [6.45, 7) is 2.87. The van der Waals surface area contributed by atoms with E-state index in [0.717, 1.165) is 12.1 Å². The van der Waals surface area contributed by atoms with E-state index in [1.165, 1.54) is 6.07 Å². The van der Waals surface area contributed by atoms with Gasteiger partial charge in [0.05, 0.1) is 18.7 Å². The fourth-order valence-electron chi connectivity index (χ4n) is 1.48. The quantitative estimate of drug-likeness (QED) is 0.799. The highest BCUT2D eigenvalue weighted by Gasteiger charge is 2.14. The van der Waals surface area contributed by atoms with Crippen molar-refractivity contribution in [1.82, 2.24) is 4.90 Å².